The van der Waals surface area contributed by atoms with Gasteiger partial charge in [0.15, 0.2) is 0 Å². The first-order valence-corrected chi connectivity index (χ1v) is 6.06. The molecule has 1 aromatic carbocycles. The van der Waals surface area contributed by atoms with Crippen molar-refractivity contribution in [2.24, 2.45) is 0 Å². The molecule has 1 aromatic heterocycles. The molecule has 0 unspecified atom stereocenters. The Balaban J connectivity index is 2.11. The molecule has 0 saturated heterocycles. The number of anilines is 1. The zero-order valence-electron chi connectivity index (χ0n) is 8.43. The molecule has 0 aliphatic heterocycles. The number of nitrogens with zero attached hydrogens (tertiary/aromatic N) is 2. The summed E-state index contributed by atoms with van der Waals surface area (Å²) in [4.78, 5) is 9.16. The summed E-state index contributed by atoms with van der Waals surface area (Å²) in [6, 6.07) is 7.28. The summed E-state index contributed by atoms with van der Waals surface area (Å²) in [5.41, 5.74) is 6.53. The Hall–Kier alpha value is -1.26. The van der Waals surface area contributed by atoms with Crippen molar-refractivity contribution in [2.45, 2.75) is 10.6 Å². The predicted octanol–water partition coefficient (Wildman–Crippen LogP) is 3.00. The summed E-state index contributed by atoms with van der Waals surface area (Å²) >= 11 is 7.60. The Kier molecular flexibility index (Phi) is 3.64. The van der Waals surface area contributed by atoms with E-state index in [4.69, 9.17) is 17.3 Å². The van der Waals surface area contributed by atoms with Crippen molar-refractivity contribution in [2.75, 3.05) is 5.73 Å². The fraction of sp³-hybridized carbons (Fsp3) is 0.0909. The highest BCUT2D eigenvalue weighted by Gasteiger charge is 2.06. The third kappa shape index (κ3) is 2.65. The van der Waals surface area contributed by atoms with Crippen molar-refractivity contribution in [1.29, 1.82) is 0 Å². The molecule has 1 heterocycles. The lowest BCUT2D eigenvalue weighted by atomic mass is 10.3. The van der Waals surface area contributed by atoms with Crippen LogP contribution < -0.4 is 5.73 Å². The van der Waals surface area contributed by atoms with Crippen LogP contribution in [0.1, 0.15) is 5.82 Å². The van der Waals surface area contributed by atoms with Crippen molar-refractivity contribution in [3.63, 3.8) is 0 Å². The van der Waals surface area contributed by atoms with Gasteiger partial charge in [0.25, 0.3) is 0 Å². The first-order chi connectivity index (χ1) is 7.77. The summed E-state index contributed by atoms with van der Waals surface area (Å²) in [5, 5.41) is 0.668. The SMILES string of the molecule is Nc1cccc(Cl)c1SCc1ncccn1. The minimum atomic E-state index is 0.661. The van der Waals surface area contributed by atoms with Gasteiger partial charge in [0, 0.05) is 23.0 Å². The van der Waals surface area contributed by atoms with Crippen LogP contribution in [0, 0.1) is 0 Å². The average molecular weight is 252 g/mol. The van der Waals surface area contributed by atoms with E-state index in [1.165, 1.54) is 0 Å². The standard InChI is InChI=1S/C11H10ClN3S/c12-8-3-1-4-9(13)11(8)16-7-10-14-5-2-6-15-10/h1-6H,7,13H2. The molecule has 0 fully saturated rings. The monoisotopic (exact) mass is 251 g/mol. The quantitative estimate of drug-likeness (QED) is 0.673. The molecule has 0 radical (unpaired) electrons. The Labute approximate surface area is 103 Å². The van der Waals surface area contributed by atoms with Gasteiger partial charge >= 0.3 is 0 Å². The van der Waals surface area contributed by atoms with Crippen molar-refractivity contribution < 1.29 is 0 Å². The van der Waals surface area contributed by atoms with Crippen LogP contribution in [0.25, 0.3) is 0 Å². The molecule has 0 amide bonds. The van der Waals surface area contributed by atoms with Crippen LogP contribution in [0.3, 0.4) is 0 Å². The van der Waals surface area contributed by atoms with Gasteiger partial charge < -0.3 is 5.73 Å². The number of nitrogens with two attached hydrogens (primary N) is 1. The number of aromatic nitrogens is 2. The molecular weight excluding hydrogens is 242 g/mol. The first-order valence-electron chi connectivity index (χ1n) is 4.70. The Morgan fingerprint density at radius 3 is 2.62 bits per heavy atom. The molecule has 3 nitrogen and oxygen atoms in total. The van der Waals surface area contributed by atoms with Crippen molar-refractivity contribution in [3.8, 4) is 0 Å². The number of nitrogen functional groups attached to an aromatic ring is 1. The van der Waals surface area contributed by atoms with Crippen molar-refractivity contribution in [1.82, 2.24) is 9.97 Å². The summed E-state index contributed by atoms with van der Waals surface area (Å²) < 4.78 is 0. The van der Waals surface area contributed by atoms with E-state index in [1.54, 1.807) is 30.2 Å². The summed E-state index contributed by atoms with van der Waals surface area (Å²) in [6.45, 7) is 0. The number of hydrogen-bond donors (Lipinski definition) is 1. The Bertz CT molecular complexity index is 456. The largest absolute Gasteiger partial charge is 0.398 e. The molecule has 2 N–H and O–H groups in total. The predicted molar refractivity (Wildman–Crippen MR) is 67.5 cm³/mol. The lowest BCUT2D eigenvalue weighted by Crippen LogP contribution is -1.92. The average Bonchev–Trinajstić information content (AvgIpc) is 2.30. The minimum Gasteiger partial charge on any atom is -0.398 e. The second kappa shape index (κ2) is 5.18. The van der Waals surface area contributed by atoms with Crippen LogP contribution in [0.2, 0.25) is 5.02 Å². The maximum absolute atomic E-state index is 6.05. The van der Waals surface area contributed by atoms with Crippen LogP contribution in [0.5, 0.6) is 0 Å². The van der Waals surface area contributed by atoms with Gasteiger partial charge in [-0.05, 0) is 18.2 Å². The van der Waals surface area contributed by atoms with E-state index in [2.05, 4.69) is 9.97 Å². The van der Waals surface area contributed by atoms with Gasteiger partial charge in [0.1, 0.15) is 5.82 Å². The van der Waals surface area contributed by atoms with Crippen LogP contribution in [0.15, 0.2) is 41.6 Å². The lowest BCUT2D eigenvalue weighted by Gasteiger charge is -2.06. The maximum atomic E-state index is 6.05. The zero-order valence-corrected chi connectivity index (χ0v) is 10.0. The van der Waals surface area contributed by atoms with Gasteiger partial charge in [0.05, 0.1) is 10.8 Å². The van der Waals surface area contributed by atoms with E-state index in [0.29, 0.717) is 16.5 Å². The van der Waals surface area contributed by atoms with Gasteiger partial charge in [-0.25, -0.2) is 9.97 Å². The first kappa shape index (κ1) is 11.2. The summed E-state index contributed by atoms with van der Waals surface area (Å²) in [7, 11) is 0. The second-order valence-electron chi connectivity index (χ2n) is 3.11. The number of rotatable bonds is 3. The molecule has 0 spiro atoms. The minimum absolute atomic E-state index is 0.661. The normalized spacial score (nSPS) is 10.3. The molecule has 16 heavy (non-hydrogen) atoms. The highest BCUT2D eigenvalue weighted by atomic mass is 35.5. The van der Waals surface area contributed by atoms with E-state index in [1.807, 2.05) is 18.2 Å². The number of thioether (sulfide) groups is 1. The van der Waals surface area contributed by atoms with Gasteiger partial charge in [-0.3, -0.25) is 0 Å². The molecule has 0 atom stereocenters. The van der Waals surface area contributed by atoms with Crippen LogP contribution in [-0.2, 0) is 5.75 Å². The van der Waals surface area contributed by atoms with E-state index < -0.39 is 0 Å². The fourth-order valence-corrected chi connectivity index (χ4v) is 2.43. The van der Waals surface area contributed by atoms with Crippen molar-refractivity contribution in [3.05, 3.63) is 47.5 Å². The Morgan fingerprint density at radius 1 is 1.19 bits per heavy atom. The van der Waals surface area contributed by atoms with Gasteiger partial charge in [0.2, 0.25) is 0 Å². The molecule has 0 aliphatic rings. The molecular formula is C11H10ClN3S. The van der Waals surface area contributed by atoms with E-state index in [-0.39, 0.29) is 0 Å². The molecule has 0 saturated carbocycles. The third-order valence-corrected chi connectivity index (χ3v) is 3.54. The number of benzene rings is 1. The van der Waals surface area contributed by atoms with E-state index in [9.17, 15) is 0 Å². The zero-order chi connectivity index (χ0) is 11.4. The Morgan fingerprint density at radius 2 is 1.94 bits per heavy atom. The summed E-state index contributed by atoms with van der Waals surface area (Å²) in [6.07, 6.45) is 3.44. The van der Waals surface area contributed by atoms with Crippen LogP contribution in [0.4, 0.5) is 5.69 Å². The van der Waals surface area contributed by atoms with Gasteiger partial charge in [-0.1, -0.05) is 17.7 Å². The molecule has 2 aromatic rings. The molecule has 82 valence electrons. The highest BCUT2D eigenvalue weighted by Crippen LogP contribution is 2.33. The third-order valence-electron chi connectivity index (χ3n) is 1.96. The molecule has 2 rings (SSSR count). The molecule has 5 heteroatoms. The fourth-order valence-electron chi connectivity index (χ4n) is 1.22. The molecule has 0 bridgehead atoms. The number of halogens is 1. The summed E-state index contributed by atoms with van der Waals surface area (Å²) in [5.74, 6) is 1.43. The van der Waals surface area contributed by atoms with Crippen LogP contribution in [-0.4, -0.2) is 9.97 Å². The smallest absolute Gasteiger partial charge is 0.138 e. The topological polar surface area (TPSA) is 51.8 Å². The maximum Gasteiger partial charge on any atom is 0.138 e. The lowest BCUT2D eigenvalue weighted by molar-refractivity contribution is 1.03. The highest BCUT2D eigenvalue weighted by molar-refractivity contribution is 7.98. The number of hydrogen-bond acceptors (Lipinski definition) is 4. The van der Waals surface area contributed by atoms with E-state index >= 15 is 0 Å². The van der Waals surface area contributed by atoms with Gasteiger partial charge in [-0.2, -0.15) is 0 Å². The van der Waals surface area contributed by atoms with Crippen molar-refractivity contribution >= 4 is 29.1 Å². The second-order valence-corrected chi connectivity index (χ2v) is 4.50. The van der Waals surface area contributed by atoms with Gasteiger partial charge in [-0.15, -0.1) is 11.8 Å². The molecule has 0 aliphatic carbocycles. The van der Waals surface area contributed by atoms with Crippen LogP contribution >= 0.6 is 23.4 Å². The van der Waals surface area contributed by atoms with E-state index in [0.717, 1.165) is 10.7 Å².